The highest BCUT2D eigenvalue weighted by Crippen LogP contribution is 2.34. The van der Waals surface area contributed by atoms with Crippen LogP contribution in [0.5, 0.6) is 0 Å². The minimum atomic E-state index is -3.34. The van der Waals surface area contributed by atoms with Crippen LogP contribution in [0.3, 0.4) is 0 Å². The van der Waals surface area contributed by atoms with E-state index in [1.807, 2.05) is 13.0 Å². The summed E-state index contributed by atoms with van der Waals surface area (Å²) in [5.41, 5.74) is 5.51. The Kier molecular flexibility index (Phi) is 4.66. The lowest BCUT2D eigenvalue weighted by Crippen LogP contribution is -2.39. The SMILES string of the molecule is CCC1CCC(C)N1S(=O)(=O)c1ccc(CCN)s1. The summed E-state index contributed by atoms with van der Waals surface area (Å²) >= 11 is 1.36. The van der Waals surface area contributed by atoms with Crippen LogP contribution in [0.25, 0.3) is 0 Å². The number of nitrogens with zero attached hydrogens (tertiary/aromatic N) is 1. The van der Waals surface area contributed by atoms with Gasteiger partial charge in [0.05, 0.1) is 0 Å². The lowest BCUT2D eigenvalue weighted by atomic mass is 10.2. The smallest absolute Gasteiger partial charge is 0.253 e. The van der Waals surface area contributed by atoms with Crippen LogP contribution in [0.15, 0.2) is 16.3 Å². The quantitative estimate of drug-likeness (QED) is 0.907. The number of sulfonamides is 1. The van der Waals surface area contributed by atoms with E-state index in [0.29, 0.717) is 10.8 Å². The largest absolute Gasteiger partial charge is 0.330 e. The summed E-state index contributed by atoms with van der Waals surface area (Å²) in [7, 11) is -3.34. The van der Waals surface area contributed by atoms with Gasteiger partial charge in [0, 0.05) is 17.0 Å². The second-order valence-corrected chi connectivity index (χ2v) is 8.32. The maximum atomic E-state index is 12.7. The van der Waals surface area contributed by atoms with Crippen LogP contribution in [0.1, 0.15) is 38.0 Å². The van der Waals surface area contributed by atoms with Gasteiger partial charge in [0.2, 0.25) is 0 Å². The molecule has 0 saturated carbocycles. The van der Waals surface area contributed by atoms with Gasteiger partial charge in [-0.25, -0.2) is 8.42 Å². The Morgan fingerprint density at radius 3 is 2.79 bits per heavy atom. The minimum Gasteiger partial charge on any atom is -0.330 e. The molecule has 0 aromatic carbocycles. The number of hydrogen-bond acceptors (Lipinski definition) is 4. The molecule has 1 aromatic rings. The predicted molar refractivity (Wildman–Crippen MR) is 78.9 cm³/mol. The second-order valence-electron chi connectivity index (χ2n) is 5.08. The Hall–Kier alpha value is -0.430. The number of nitrogens with two attached hydrogens (primary N) is 1. The van der Waals surface area contributed by atoms with Crippen molar-refractivity contribution in [3.63, 3.8) is 0 Å². The van der Waals surface area contributed by atoms with Crippen molar-refractivity contribution in [2.45, 2.75) is 55.8 Å². The fourth-order valence-corrected chi connectivity index (χ4v) is 6.17. The third-order valence-electron chi connectivity index (χ3n) is 3.74. The molecule has 1 aliphatic rings. The zero-order valence-corrected chi connectivity index (χ0v) is 13.1. The Morgan fingerprint density at radius 2 is 2.16 bits per heavy atom. The Morgan fingerprint density at radius 1 is 1.42 bits per heavy atom. The lowest BCUT2D eigenvalue weighted by molar-refractivity contribution is 0.329. The van der Waals surface area contributed by atoms with Gasteiger partial charge in [0.15, 0.2) is 0 Å². The highest BCUT2D eigenvalue weighted by Gasteiger charge is 2.39. The van der Waals surface area contributed by atoms with Gasteiger partial charge in [0.25, 0.3) is 10.0 Å². The summed E-state index contributed by atoms with van der Waals surface area (Å²) in [6.45, 7) is 4.61. The summed E-state index contributed by atoms with van der Waals surface area (Å²) < 4.78 is 27.6. The standard InChI is InChI=1S/C13H22N2O2S2/c1-3-11-5-4-10(2)15(11)19(16,17)13-7-6-12(18-13)8-9-14/h6-7,10-11H,3-5,8-9,14H2,1-2H3. The molecule has 1 aliphatic heterocycles. The molecule has 0 bridgehead atoms. The Bertz CT molecular complexity index is 525. The maximum absolute atomic E-state index is 12.7. The van der Waals surface area contributed by atoms with Crippen molar-refractivity contribution in [2.24, 2.45) is 5.73 Å². The zero-order valence-electron chi connectivity index (χ0n) is 11.5. The number of hydrogen-bond donors (Lipinski definition) is 1. The van der Waals surface area contributed by atoms with Gasteiger partial charge < -0.3 is 5.73 Å². The molecule has 2 rings (SSSR count). The Balaban J connectivity index is 2.30. The second kappa shape index (κ2) is 5.91. The van der Waals surface area contributed by atoms with Gasteiger partial charge in [-0.3, -0.25) is 0 Å². The van der Waals surface area contributed by atoms with Crippen LogP contribution in [-0.4, -0.2) is 31.4 Å². The molecule has 1 fully saturated rings. The number of rotatable bonds is 5. The third kappa shape index (κ3) is 2.86. The summed E-state index contributed by atoms with van der Waals surface area (Å²) in [6.07, 6.45) is 3.55. The van der Waals surface area contributed by atoms with Crippen LogP contribution < -0.4 is 5.73 Å². The monoisotopic (exact) mass is 302 g/mol. The molecule has 0 amide bonds. The summed E-state index contributed by atoms with van der Waals surface area (Å²) in [4.78, 5) is 1.04. The van der Waals surface area contributed by atoms with Gasteiger partial charge >= 0.3 is 0 Å². The van der Waals surface area contributed by atoms with Crippen molar-refractivity contribution in [2.75, 3.05) is 6.54 Å². The van der Waals surface area contributed by atoms with Crippen molar-refractivity contribution in [1.82, 2.24) is 4.31 Å². The molecular formula is C13H22N2O2S2. The molecule has 0 radical (unpaired) electrons. The summed E-state index contributed by atoms with van der Waals surface area (Å²) in [5, 5.41) is 0. The first-order valence-electron chi connectivity index (χ1n) is 6.83. The normalized spacial score (nSPS) is 25.0. The first-order valence-corrected chi connectivity index (χ1v) is 9.08. The molecule has 0 aliphatic carbocycles. The Labute approximate surface area is 119 Å². The molecule has 2 heterocycles. The van der Waals surface area contributed by atoms with E-state index in [4.69, 9.17) is 5.73 Å². The minimum absolute atomic E-state index is 0.106. The van der Waals surface area contributed by atoms with Crippen LogP contribution in [0.4, 0.5) is 0 Å². The molecule has 4 nitrogen and oxygen atoms in total. The molecular weight excluding hydrogens is 280 g/mol. The van der Waals surface area contributed by atoms with Gasteiger partial charge in [-0.2, -0.15) is 4.31 Å². The van der Waals surface area contributed by atoms with E-state index in [9.17, 15) is 8.42 Å². The van der Waals surface area contributed by atoms with Gasteiger partial charge in [-0.15, -0.1) is 11.3 Å². The van der Waals surface area contributed by atoms with E-state index in [0.717, 1.165) is 30.6 Å². The van der Waals surface area contributed by atoms with Gasteiger partial charge in [0.1, 0.15) is 4.21 Å². The summed E-state index contributed by atoms with van der Waals surface area (Å²) in [6, 6.07) is 3.87. The van der Waals surface area contributed by atoms with Gasteiger partial charge in [-0.1, -0.05) is 6.92 Å². The van der Waals surface area contributed by atoms with Crippen LogP contribution in [0.2, 0.25) is 0 Å². The van der Waals surface area contributed by atoms with Crippen molar-refractivity contribution < 1.29 is 8.42 Å². The average molecular weight is 302 g/mol. The van der Waals surface area contributed by atoms with E-state index in [1.54, 1.807) is 10.4 Å². The van der Waals surface area contributed by atoms with Crippen molar-refractivity contribution >= 4 is 21.4 Å². The highest BCUT2D eigenvalue weighted by atomic mass is 32.2. The van der Waals surface area contributed by atoms with Crippen LogP contribution in [-0.2, 0) is 16.4 Å². The molecule has 1 saturated heterocycles. The van der Waals surface area contributed by atoms with E-state index >= 15 is 0 Å². The van der Waals surface area contributed by atoms with Gasteiger partial charge in [-0.05, 0) is 51.3 Å². The highest BCUT2D eigenvalue weighted by molar-refractivity contribution is 7.91. The molecule has 2 N–H and O–H groups in total. The first kappa shape index (κ1) is 15.0. The van der Waals surface area contributed by atoms with Crippen molar-refractivity contribution in [3.05, 3.63) is 17.0 Å². The fraction of sp³-hybridized carbons (Fsp3) is 0.692. The molecule has 19 heavy (non-hydrogen) atoms. The molecule has 0 spiro atoms. The molecule has 1 aromatic heterocycles. The fourth-order valence-electron chi connectivity index (χ4n) is 2.74. The lowest BCUT2D eigenvalue weighted by Gasteiger charge is -2.26. The van der Waals surface area contributed by atoms with Crippen LogP contribution in [0, 0.1) is 0 Å². The third-order valence-corrected chi connectivity index (χ3v) is 7.42. The van der Waals surface area contributed by atoms with Crippen molar-refractivity contribution in [1.29, 1.82) is 0 Å². The predicted octanol–water partition coefficient (Wildman–Crippen LogP) is 2.20. The number of thiophene rings is 1. The average Bonchev–Trinajstić information content (AvgIpc) is 2.96. The van der Waals surface area contributed by atoms with Crippen LogP contribution >= 0.6 is 11.3 Å². The van der Waals surface area contributed by atoms with Crippen molar-refractivity contribution in [3.8, 4) is 0 Å². The molecule has 2 unspecified atom stereocenters. The van der Waals surface area contributed by atoms with E-state index < -0.39 is 10.0 Å². The van der Waals surface area contributed by atoms with E-state index in [1.165, 1.54) is 11.3 Å². The molecule has 6 heteroatoms. The van der Waals surface area contributed by atoms with E-state index in [2.05, 4.69) is 6.92 Å². The topological polar surface area (TPSA) is 63.4 Å². The van der Waals surface area contributed by atoms with E-state index in [-0.39, 0.29) is 12.1 Å². The first-order chi connectivity index (χ1) is 9.00. The zero-order chi connectivity index (χ0) is 14.0. The molecule has 2 atom stereocenters. The maximum Gasteiger partial charge on any atom is 0.253 e. The summed E-state index contributed by atoms with van der Waals surface area (Å²) in [5.74, 6) is 0. The molecule has 108 valence electrons.